The molecule has 0 unspecified atom stereocenters. The Morgan fingerprint density at radius 3 is 3.09 bits per heavy atom. The summed E-state index contributed by atoms with van der Waals surface area (Å²) < 4.78 is 0. The summed E-state index contributed by atoms with van der Waals surface area (Å²) in [4.78, 5) is 26.8. The Labute approximate surface area is 135 Å². The highest BCUT2D eigenvalue weighted by atomic mass is 16.2. The maximum atomic E-state index is 12.5. The normalized spacial score (nSPS) is 33.2. The zero-order chi connectivity index (χ0) is 15.8. The number of hydrogen-bond donors (Lipinski definition) is 3. The molecule has 1 aromatic heterocycles. The molecule has 2 amide bonds. The molecule has 0 aliphatic carbocycles. The second kappa shape index (κ2) is 5.96. The molecule has 1 aromatic rings. The summed E-state index contributed by atoms with van der Waals surface area (Å²) in [6.07, 6.45) is 7.00. The van der Waals surface area contributed by atoms with Crippen LogP contribution >= 0.6 is 0 Å². The van der Waals surface area contributed by atoms with Crippen molar-refractivity contribution < 1.29 is 9.59 Å². The van der Waals surface area contributed by atoms with Crippen molar-refractivity contribution in [2.75, 3.05) is 19.6 Å². The van der Waals surface area contributed by atoms with Gasteiger partial charge in [0.15, 0.2) is 0 Å². The predicted octanol–water partition coefficient (Wildman–Crippen LogP) is 0.129. The van der Waals surface area contributed by atoms with Crippen molar-refractivity contribution >= 4 is 11.8 Å². The van der Waals surface area contributed by atoms with E-state index in [0.29, 0.717) is 36.4 Å². The van der Waals surface area contributed by atoms with E-state index in [2.05, 4.69) is 25.7 Å². The van der Waals surface area contributed by atoms with E-state index in [9.17, 15) is 9.59 Å². The van der Waals surface area contributed by atoms with Crippen LogP contribution in [0.5, 0.6) is 0 Å². The number of piperidine rings is 3. The van der Waals surface area contributed by atoms with Gasteiger partial charge in [0.2, 0.25) is 5.91 Å². The fraction of sp³-hybridized carbons (Fsp3) is 0.688. The fourth-order valence-corrected chi connectivity index (χ4v) is 4.57. The van der Waals surface area contributed by atoms with Gasteiger partial charge in [-0.1, -0.05) is 0 Å². The Kier molecular flexibility index (Phi) is 3.80. The minimum Gasteiger partial charge on any atom is -0.350 e. The Bertz CT molecular complexity index is 587. The number of H-pyrrole nitrogens is 1. The molecule has 3 N–H and O–H groups in total. The zero-order valence-electron chi connectivity index (χ0n) is 13.1. The topological polar surface area (TPSA) is 90.1 Å². The molecule has 3 saturated heterocycles. The smallest absolute Gasteiger partial charge is 0.254 e. The van der Waals surface area contributed by atoms with E-state index in [4.69, 9.17) is 0 Å². The third-order valence-corrected chi connectivity index (χ3v) is 5.63. The van der Waals surface area contributed by atoms with Crippen molar-refractivity contribution in [1.29, 1.82) is 0 Å². The zero-order valence-corrected chi connectivity index (χ0v) is 13.1. The van der Waals surface area contributed by atoms with Gasteiger partial charge >= 0.3 is 0 Å². The van der Waals surface area contributed by atoms with Crippen molar-refractivity contribution in [3.8, 4) is 0 Å². The SMILES string of the molecule is O=C(NC[C@H]1[C@@H]2CNC[C@@H](C2)[C@@H]2CCCC(=O)N21)c1cn[nH]c1. The minimum absolute atomic E-state index is 0.104. The van der Waals surface area contributed by atoms with E-state index >= 15 is 0 Å². The summed E-state index contributed by atoms with van der Waals surface area (Å²) in [6.45, 7) is 2.46. The second-order valence-electron chi connectivity index (χ2n) is 6.94. The highest BCUT2D eigenvalue weighted by Crippen LogP contribution is 2.39. The van der Waals surface area contributed by atoms with Crippen molar-refractivity contribution in [1.82, 2.24) is 25.7 Å². The molecule has 0 spiro atoms. The summed E-state index contributed by atoms with van der Waals surface area (Å²) in [5, 5.41) is 13.0. The van der Waals surface area contributed by atoms with Gasteiger partial charge in [0, 0.05) is 31.7 Å². The lowest BCUT2D eigenvalue weighted by Crippen LogP contribution is -2.66. The maximum Gasteiger partial charge on any atom is 0.254 e. The Balaban J connectivity index is 1.50. The molecule has 3 aliphatic heterocycles. The van der Waals surface area contributed by atoms with E-state index in [1.807, 2.05) is 0 Å². The van der Waals surface area contributed by atoms with E-state index in [1.165, 1.54) is 6.20 Å². The van der Waals surface area contributed by atoms with Crippen LogP contribution in [0.15, 0.2) is 12.4 Å². The Morgan fingerprint density at radius 1 is 1.39 bits per heavy atom. The first kappa shape index (κ1) is 14.7. The van der Waals surface area contributed by atoms with Gasteiger partial charge in [-0.3, -0.25) is 14.7 Å². The van der Waals surface area contributed by atoms with Crippen molar-refractivity contribution in [2.45, 2.75) is 37.8 Å². The molecule has 0 saturated carbocycles. The highest BCUT2D eigenvalue weighted by molar-refractivity contribution is 5.93. The molecular weight excluding hydrogens is 294 g/mol. The van der Waals surface area contributed by atoms with Gasteiger partial charge < -0.3 is 15.5 Å². The Hall–Kier alpha value is -1.89. The number of aromatic nitrogens is 2. The van der Waals surface area contributed by atoms with Gasteiger partial charge in [0.05, 0.1) is 17.8 Å². The largest absolute Gasteiger partial charge is 0.350 e. The van der Waals surface area contributed by atoms with Crippen LogP contribution in [0.1, 0.15) is 36.0 Å². The molecular formula is C16H23N5O2. The summed E-state index contributed by atoms with van der Waals surface area (Å²) in [5.41, 5.74) is 0.530. The molecule has 0 radical (unpaired) electrons. The number of amides is 2. The number of carbonyl (C=O) groups excluding carboxylic acids is 2. The molecule has 3 aliphatic rings. The fourth-order valence-electron chi connectivity index (χ4n) is 4.57. The van der Waals surface area contributed by atoms with Crippen molar-refractivity contribution in [3.05, 3.63) is 18.0 Å². The monoisotopic (exact) mass is 317 g/mol. The lowest BCUT2D eigenvalue weighted by molar-refractivity contribution is -0.148. The predicted molar refractivity (Wildman–Crippen MR) is 83.7 cm³/mol. The summed E-state index contributed by atoms with van der Waals surface area (Å²) in [7, 11) is 0. The maximum absolute atomic E-state index is 12.5. The third kappa shape index (κ3) is 2.63. The van der Waals surface area contributed by atoms with E-state index in [1.54, 1.807) is 6.20 Å². The lowest BCUT2D eigenvalue weighted by Gasteiger charge is -2.54. The van der Waals surface area contributed by atoms with Crippen LogP contribution in [0, 0.1) is 11.8 Å². The van der Waals surface area contributed by atoms with E-state index in [0.717, 1.165) is 32.4 Å². The van der Waals surface area contributed by atoms with Gasteiger partial charge in [0.1, 0.15) is 0 Å². The van der Waals surface area contributed by atoms with Crippen LogP contribution < -0.4 is 10.6 Å². The number of rotatable bonds is 3. The third-order valence-electron chi connectivity index (χ3n) is 5.63. The first-order chi connectivity index (χ1) is 11.2. The van der Waals surface area contributed by atoms with Crippen LogP contribution in [0.4, 0.5) is 0 Å². The number of nitrogens with zero attached hydrogens (tertiary/aromatic N) is 2. The van der Waals surface area contributed by atoms with Crippen molar-refractivity contribution in [2.24, 2.45) is 11.8 Å². The number of aromatic amines is 1. The first-order valence-electron chi connectivity index (χ1n) is 8.53. The molecule has 4 heterocycles. The molecule has 4 rings (SSSR count). The average Bonchev–Trinajstić information content (AvgIpc) is 3.10. The summed E-state index contributed by atoms with van der Waals surface area (Å²) in [5.74, 6) is 1.13. The molecule has 7 heteroatoms. The molecule has 124 valence electrons. The second-order valence-corrected chi connectivity index (χ2v) is 6.94. The van der Waals surface area contributed by atoms with Crippen molar-refractivity contribution in [3.63, 3.8) is 0 Å². The van der Waals surface area contributed by atoms with Crippen LogP contribution in [0.2, 0.25) is 0 Å². The standard InChI is InChI=1S/C16H23N5O2/c22-15-3-1-2-13-10-4-11(6-17-5-10)14(21(13)15)9-18-16(23)12-7-19-20-8-12/h7-8,10-11,13-14,17H,1-6,9H2,(H,18,23)(H,19,20)/t10-,11+,13+,14+/m1/s1. The average molecular weight is 317 g/mol. The van der Waals surface area contributed by atoms with Crippen LogP contribution in [-0.4, -0.2) is 58.6 Å². The highest BCUT2D eigenvalue weighted by Gasteiger charge is 2.47. The number of carbonyl (C=O) groups is 2. The first-order valence-corrected chi connectivity index (χ1v) is 8.53. The number of nitrogens with one attached hydrogen (secondary N) is 3. The van der Waals surface area contributed by atoms with Gasteiger partial charge in [-0.15, -0.1) is 0 Å². The van der Waals surface area contributed by atoms with E-state index < -0.39 is 0 Å². The molecule has 0 aromatic carbocycles. The molecule has 23 heavy (non-hydrogen) atoms. The van der Waals surface area contributed by atoms with Crippen LogP contribution in [0.3, 0.4) is 0 Å². The quantitative estimate of drug-likeness (QED) is 0.739. The van der Waals surface area contributed by atoms with E-state index in [-0.39, 0.29) is 17.9 Å². The summed E-state index contributed by atoms with van der Waals surface area (Å²) in [6, 6.07) is 0.448. The molecule has 2 bridgehead atoms. The molecule has 3 fully saturated rings. The summed E-state index contributed by atoms with van der Waals surface area (Å²) >= 11 is 0. The van der Waals surface area contributed by atoms with Gasteiger partial charge in [-0.05, 0) is 37.6 Å². The molecule has 7 nitrogen and oxygen atoms in total. The van der Waals surface area contributed by atoms with Crippen LogP contribution in [-0.2, 0) is 4.79 Å². The molecule has 4 atom stereocenters. The lowest BCUT2D eigenvalue weighted by atomic mass is 9.72. The Morgan fingerprint density at radius 2 is 2.26 bits per heavy atom. The minimum atomic E-state index is -0.134. The van der Waals surface area contributed by atoms with Crippen LogP contribution in [0.25, 0.3) is 0 Å². The van der Waals surface area contributed by atoms with Gasteiger partial charge in [-0.2, -0.15) is 5.10 Å². The number of hydrogen-bond acceptors (Lipinski definition) is 4. The van der Waals surface area contributed by atoms with Gasteiger partial charge in [0.25, 0.3) is 5.91 Å². The number of fused-ring (bicyclic) bond motifs is 4. The van der Waals surface area contributed by atoms with Gasteiger partial charge in [-0.25, -0.2) is 0 Å².